The van der Waals surface area contributed by atoms with Gasteiger partial charge in [0.1, 0.15) is 10.7 Å². The van der Waals surface area contributed by atoms with Gasteiger partial charge in [-0.1, -0.05) is 24.3 Å². The lowest BCUT2D eigenvalue weighted by Gasteiger charge is -2.06. The number of thiazole rings is 1. The Balaban J connectivity index is 1.58. The summed E-state index contributed by atoms with van der Waals surface area (Å²) in [5, 5.41) is 6.66. The molecular formula is C20H17N3OS. The fraction of sp³-hybridized carbons (Fsp3) is 0.100. The highest BCUT2D eigenvalue weighted by Gasteiger charge is 2.14. The van der Waals surface area contributed by atoms with Gasteiger partial charge in [0.25, 0.3) is 5.91 Å². The Hall–Kier alpha value is -2.92. The van der Waals surface area contributed by atoms with Crippen LogP contribution in [0.15, 0.2) is 53.9 Å². The van der Waals surface area contributed by atoms with E-state index in [-0.39, 0.29) is 5.91 Å². The van der Waals surface area contributed by atoms with E-state index in [0.717, 1.165) is 38.4 Å². The molecule has 0 aliphatic rings. The third kappa shape index (κ3) is 3.19. The third-order valence-electron chi connectivity index (χ3n) is 3.98. The molecule has 25 heavy (non-hydrogen) atoms. The lowest BCUT2D eigenvalue weighted by atomic mass is 10.1. The second-order valence-electron chi connectivity index (χ2n) is 6.14. The zero-order valence-corrected chi connectivity index (χ0v) is 14.8. The number of amides is 1. The molecule has 0 aliphatic carbocycles. The number of aryl methyl sites for hydroxylation is 2. The topological polar surface area (TPSA) is 57.8 Å². The molecule has 2 N–H and O–H groups in total. The van der Waals surface area contributed by atoms with Crippen molar-refractivity contribution >= 4 is 33.8 Å². The van der Waals surface area contributed by atoms with Crippen LogP contribution in [0.1, 0.15) is 21.6 Å². The van der Waals surface area contributed by atoms with Crippen LogP contribution in [0, 0.1) is 13.8 Å². The third-order valence-corrected chi connectivity index (χ3v) is 4.85. The summed E-state index contributed by atoms with van der Waals surface area (Å²) in [5.74, 6) is -0.191. The van der Waals surface area contributed by atoms with Crippen molar-refractivity contribution in [2.45, 2.75) is 13.8 Å². The Morgan fingerprint density at radius 1 is 1.08 bits per heavy atom. The normalized spacial score (nSPS) is 11.0. The van der Waals surface area contributed by atoms with E-state index in [2.05, 4.69) is 33.5 Å². The fourth-order valence-corrected chi connectivity index (χ4v) is 3.70. The van der Waals surface area contributed by atoms with Crippen molar-refractivity contribution in [3.05, 3.63) is 70.7 Å². The minimum absolute atomic E-state index is 0.191. The van der Waals surface area contributed by atoms with Gasteiger partial charge in [-0.2, -0.15) is 0 Å². The smallest absolute Gasteiger partial charge is 0.275 e. The number of nitrogens with zero attached hydrogens (tertiary/aromatic N) is 1. The van der Waals surface area contributed by atoms with Gasteiger partial charge in [-0.05, 0) is 49.2 Å². The summed E-state index contributed by atoms with van der Waals surface area (Å²) in [7, 11) is 0. The van der Waals surface area contributed by atoms with E-state index in [1.165, 1.54) is 11.3 Å². The van der Waals surface area contributed by atoms with Crippen LogP contribution in [-0.4, -0.2) is 15.9 Å². The van der Waals surface area contributed by atoms with Crippen LogP contribution >= 0.6 is 11.3 Å². The molecule has 4 rings (SSSR count). The molecule has 1 amide bonds. The Labute approximate surface area is 149 Å². The number of H-pyrrole nitrogens is 1. The number of fused-ring (bicyclic) bond motifs is 1. The lowest BCUT2D eigenvalue weighted by Crippen LogP contribution is -2.12. The van der Waals surface area contributed by atoms with E-state index < -0.39 is 0 Å². The monoisotopic (exact) mass is 347 g/mol. The molecule has 4 aromatic rings. The summed E-state index contributed by atoms with van der Waals surface area (Å²) in [6.45, 7) is 4.03. The Kier molecular flexibility index (Phi) is 3.86. The zero-order chi connectivity index (χ0) is 17.4. The van der Waals surface area contributed by atoms with Crippen molar-refractivity contribution in [3.8, 4) is 10.7 Å². The van der Waals surface area contributed by atoms with Crippen LogP contribution in [-0.2, 0) is 0 Å². The number of carbonyl (C=O) groups excluding carboxylic acids is 1. The maximum atomic E-state index is 12.5. The van der Waals surface area contributed by atoms with Crippen LogP contribution < -0.4 is 5.32 Å². The first-order chi connectivity index (χ1) is 12.1. The van der Waals surface area contributed by atoms with Gasteiger partial charge in [-0.25, -0.2) is 4.98 Å². The van der Waals surface area contributed by atoms with Crippen molar-refractivity contribution in [3.63, 3.8) is 0 Å². The number of aromatic amines is 1. The van der Waals surface area contributed by atoms with E-state index in [4.69, 9.17) is 0 Å². The van der Waals surface area contributed by atoms with E-state index in [1.807, 2.05) is 44.2 Å². The molecule has 0 saturated heterocycles. The molecule has 0 fully saturated rings. The molecule has 124 valence electrons. The number of nitrogens with one attached hydrogen (secondary N) is 2. The number of carbonyl (C=O) groups is 1. The van der Waals surface area contributed by atoms with E-state index in [1.54, 1.807) is 5.38 Å². The summed E-state index contributed by atoms with van der Waals surface area (Å²) in [6.07, 6.45) is 0. The van der Waals surface area contributed by atoms with Gasteiger partial charge in [-0.15, -0.1) is 11.3 Å². The van der Waals surface area contributed by atoms with Gasteiger partial charge in [0, 0.05) is 22.0 Å². The number of aromatic nitrogens is 2. The molecule has 0 radical (unpaired) electrons. The maximum absolute atomic E-state index is 12.5. The largest absolute Gasteiger partial charge is 0.353 e. The van der Waals surface area contributed by atoms with Gasteiger partial charge in [0.2, 0.25) is 0 Å². The molecular weight excluding hydrogens is 330 g/mol. The minimum Gasteiger partial charge on any atom is -0.353 e. The molecule has 0 spiro atoms. The van der Waals surface area contributed by atoms with Crippen molar-refractivity contribution in [1.29, 1.82) is 0 Å². The summed E-state index contributed by atoms with van der Waals surface area (Å²) < 4.78 is 0. The minimum atomic E-state index is -0.191. The number of rotatable bonds is 3. The number of benzene rings is 2. The average molecular weight is 347 g/mol. The summed E-state index contributed by atoms with van der Waals surface area (Å²) in [6, 6.07) is 16.1. The molecule has 4 nitrogen and oxygen atoms in total. The molecule has 2 aromatic carbocycles. The molecule has 0 unspecified atom stereocenters. The van der Waals surface area contributed by atoms with Crippen molar-refractivity contribution in [2.24, 2.45) is 0 Å². The number of para-hydroxylation sites is 1. The zero-order valence-electron chi connectivity index (χ0n) is 14.0. The molecule has 2 aromatic heterocycles. The van der Waals surface area contributed by atoms with Gasteiger partial charge in [0.15, 0.2) is 0 Å². The van der Waals surface area contributed by atoms with Crippen LogP contribution in [0.2, 0.25) is 0 Å². The highest BCUT2D eigenvalue weighted by atomic mass is 32.1. The first-order valence-corrected chi connectivity index (χ1v) is 8.90. The van der Waals surface area contributed by atoms with Gasteiger partial charge in [-0.3, -0.25) is 4.79 Å². The van der Waals surface area contributed by atoms with Crippen molar-refractivity contribution in [2.75, 3.05) is 5.32 Å². The second-order valence-corrected chi connectivity index (χ2v) is 7.00. The van der Waals surface area contributed by atoms with Crippen LogP contribution in [0.5, 0.6) is 0 Å². The SMILES string of the molecule is Cc1cc(C)cc(NC(=O)c2csc(-c3cc4ccccc4[nH]3)n2)c1. The van der Waals surface area contributed by atoms with Crippen LogP contribution in [0.3, 0.4) is 0 Å². The number of anilines is 1. The van der Waals surface area contributed by atoms with Crippen molar-refractivity contribution in [1.82, 2.24) is 9.97 Å². The number of hydrogen-bond donors (Lipinski definition) is 2. The Bertz CT molecular complexity index is 1020. The predicted octanol–water partition coefficient (Wildman–Crippen LogP) is 5.16. The average Bonchev–Trinajstić information content (AvgIpc) is 3.20. The summed E-state index contributed by atoms with van der Waals surface area (Å²) >= 11 is 1.46. The molecule has 0 saturated carbocycles. The van der Waals surface area contributed by atoms with E-state index in [0.29, 0.717) is 5.69 Å². The van der Waals surface area contributed by atoms with Crippen LogP contribution in [0.25, 0.3) is 21.6 Å². The maximum Gasteiger partial charge on any atom is 0.275 e. The Morgan fingerprint density at radius 2 is 1.84 bits per heavy atom. The summed E-state index contributed by atoms with van der Waals surface area (Å²) in [4.78, 5) is 20.3. The highest BCUT2D eigenvalue weighted by Crippen LogP contribution is 2.27. The fourth-order valence-electron chi connectivity index (χ4n) is 2.93. The van der Waals surface area contributed by atoms with Gasteiger partial charge >= 0.3 is 0 Å². The van der Waals surface area contributed by atoms with Crippen LogP contribution in [0.4, 0.5) is 5.69 Å². The van der Waals surface area contributed by atoms with Crippen molar-refractivity contribution < 1.29 is 4.79 Å². The van der Waals surface area contributed by atoms with Gasteiger partial charge < -0.3 is 10.3 Å². The summed E-state index contributed by atoms with van der Waals surface area (Å²) in [5.41, 5.74) is 5.45. The van der Waals surface area contributed by atoms with E-state index >= 15 is 0 Å². The first-order valence-electron chi connectivity index (χ1n) is 8.02. The molecule has 5 heteroatoms. The molecule has 2 heterocycles. The predicted molar refractivity (Wildman–Crippen MR) is 103 cm³/mol. The number of hydrogen-bond acceptors (Lipinski definition) is 3. The van der Waals surface area contributed by atoms with Gasteiger partial charge in [0.05, 0.1) is 5.69 Å². The lowest BCUT2D eigenvalue weighted by molar-refractivity contribution is 0.102. The van der Waals surface area contributed by atoms with E-state index in [9.17, 15) is 4.79 Å². The first kappa shape index (κ1) is 15.6. The Morgan fingerprint density at radius 3 is 2.60 bits per heavy atom. The second kappa shape index (κ2) is 6.18. The molecule has 0 bridgehead atoms. The highest BCUT2D eigenvalue weighted by molar-refractivity contribution is 7.13. The molecule has 0 atom stereocenters. The quantitative estimate of drug-likeness (QED) is 0.538. The standard InChI is InChI=1S/C20H17N3OS/c1-12-7-13(2)9-15(8-12)21-19(24)18-11-25-20(23-18)17-10-14-5-3-4-6-16(14)22-17/h3-11,22H,1-2H3,(H,21,24). The molecule has 0 aliphatic heterocycles.